The van der Waals surface area contributed by atoms with E-state index >= 15 is 0 Å². The number of likely N-dealkylation sites (tertiary alicyclic amines) is 1. The summed E-state index contributed by atoms with van der Waals surface area (Å²) in [7, 11) is 1.61. The average Bonchev–Trinajstić information content (AvgIpc) is 2.92. The summed E-state index contributed by atoms with van der Waals surface area (Å²) in [4.78, 5) is 29.9. The van der Waals surface area contributed by atoms with E-state index in [2.05, 4.69) is 11.8 Å². The Morgan fingerprint density at radius 3 is 2.46 bits per heavy atom. The van der Waals surface area contributed by atoms with Crippen LogP contribution in [0.15, 0.2) is 30.0 Å². The standard InChI is InChI=1S/C22H30N2O4/c1-15(2)28-13-12-24-21(25)19(17-7-9-18(27-4)10-8-17)20(22(24)26)23-11-5-6-16(3)14-23/h7-10,15-16H,5-6,11-14H2,1-4H3. The Bertz CT molecular complexity index is 754. The van der Waals surface area contributed by atoms with Crippen LogP contribution < -0.4 is 4.74 Å². The van der Waals surface area contributed by atoms with Gasteiger partial charge in [0.15, 0.2) is 0 Å². The zero-order chi connectivity index (χ0) is 20.3. The SMILES string of the molecule is COc1ccc(C2=C(N3CCCC(C)C3)C(=O)N(CCOC(C)C)C2=O)cc1. The molecule has 1 atom stereocenters. The number of methoxy groups -OCH3 is 1. The molecule has 1 saturated heterocycles. The molecule has 152 valence electrons. The molecule has 6 nitrogen and oxygen atoms in total. The maximum absolute atomic E-state index is 13.2. The van der Waals surface area contributed by atoms with E-state index in [0.717, 1.165) is 37.2 Å². The van der Waals surface area contributed by atoms with Crippen LogP contribution in [0.2, 0.25) is 0 Å². The van der Waals surface area contributed by atoms with Crippen molar-refractivity contribution >= 4 is 17.4 Å². The van der Waals surface area contributed by atoms with Gasteiger partial charge in [-0.2, -0.15) is 0 Å². The van der Waals surface area contributed by atoms with Gasteiger partial charge in [-0.25, -0.2) is 0 Å². The molecular formula is C22H30N2O4. The van der Waals surface area contributed by atoms with Crippen molar-refractivity contribution in [1.29, 1.82) is 0 Å². The molecule has 2 amide bonds. The molecule has 1 unspecified atom stereocenters. The topological polar surface area (TPSA) is 59.1 Å². The summed E-state index contributed by atoms with van der Waals surface area (Å²) in [6.45, 7) is 8.27. The van der Waals surface area contributed by atoms with E-state index in [-0.39, 0.29) is 24.5 Å². The Hall–Kier alpha value is -2.34. The molecule has 1 aromatic rings. The lowest BCUT2D eigenvalue weighted by Crippen LogP contribution is -2.40. The van der Waals surface area contributed by atoms with Gasteiger partial charge in [0.2, 0.25) is 0 Å². The fourth-order valence-corrected chi connectivity index (χ4v) is 3.85. The fraction of sp³-hybridized carbons (Fsp3) is 0.545. The second kappa shape index (κ2) is 8.78. The van der Waals surface area contributed by atoms with E-state index in [4.69, 9.17) is 9.47 Å². The average molecular weight is 386 g/mol. The molecule has 3 rings (SSSR count). The first-order valence-electron chi connectivity index (χ1n) is 10.0. The van der Waals surface area contributed by atoms with Gasteiger partial charge in [0, 0.05) is 13.1 Å². The third-order valence-corrected chi connectivity index (χ3v) is 5.26. The van der Waals surface area contributed by atoms with Crippen molar-refractivity contribution in [1.82, 2.24) is 9.80 Å². The highest BCUT2D eigenvalue weighted by Crippen LogP contribution is 2.34. The number of hydrogen-bond donors (Lipinski definition) is 0. The van der Waals surface area contributed by atoms with Crippen LogP contribution in [0.4, 0.5) is 0 Å². The van der Waals surface area contributed by atoms with Gasteiger partial charge in [-0.15, -0.1) is 0 Å². The van der Waals surface area contributed by atoms with Crippen LogP contribution in [-0.2, 0) is 14.3 Å². The van der Waals surface area contributed by atoms with Crippen molar-refractivity contribution in [3.05, 3.63) is 35.5 Å². The minimum atomic E-state index is -0.240. The molecule has 0 bridgehead atoms. The third-order valence-electron chi connectivity index (χ3n) is 5.26. The lowest BCUT2D eigenvalue weighted by Gasteiger charge is -2.33. The van der Waals surface area contributed by atoms with Gasteiger partial charge in [0.25, 0.3) is 11.8 Å². The Morgan fingerprint density at radius 2 is 1.86 bits per heavy atom. The van der Waals surface area contributed by atoms with Crippen LogP contribution in [0.5, 0.6) is 5.75 Å². The van der Waals surface area contributed by atoms with Crippen LogP contribution in [-0.4, -0.2) is 61.1 Å². The van der Waals surface area contributed by atoms with Crippen LogP contribution >= 0.6 is 0 Å². The molecule has 2 aliphatic rings. The summed E-state index contributed by atoms with van der Waals surface area (Å²) in [5.41, 5.74) is 1.78. The van der Waals surface area contributed by atoms with E-state index in [1.165, 1.54) is 4.90 Å². The van der Waals surface area contributed by atoms with Crippen molar-refractivity contribution in [2.24, 2.45) is 5.92 Å². The Balaban J connectivity index is 1.94. The number of rotatable bonds is 7. The van der Waals surface area contributed by atoms with Crippen molar-refractivity contribution in [3.63, 3.8) is 0 Å². The number of nitrogens with zero attached hydrogens (tertiary/aromatic N) is 2. The van der Waals surface area contributed by atoms with Crippen LogP contribution in [0, 0.1) is 5.92 Å². The number of amides is 2. The fourth-order valence-electron chi connectivity index (χ4n) is 3.85. The van der Waals surface area contributed by atoms with Crippen LogP contribution in [0.1, 0.15) is 39.2 Å². The number of piperidine rings is 1. The summed E-state index contributed by atoms with van der Waals surface area (Å²) < 4.78 is 10.8. The Morgan fingerprint density at radius 1 is 1.14 bits per heavy atom. The molecule has 0 saturated carbocycles. The molecule has 6 heteroatoms. The molecular weight excluding hydrogens is 356 g/mol. The predicted octanol–water partition coefficient (Wildman–Crippen LogP) is 2.93. The quantitative estimate of drug-likeness (QED) is 0.675. The highest BCUT2D eigenvalue weighted by Gasteiger charge is 2.42. The maximum atomic E-state index is 13.2. The van der Waals surface area contributed by atoms with Crippen LogP contribution in [0.25, 0.3) is 5.57 Å². The lowest BCUT2D eigenvalue weighted by atomic mass is 9.98. The summed E-state index contributed by atoms with van der Waals surface area (Å²) in [5, 5.41) is 0. The number of carbonyl (C=O) groups excluding carboxylic acids is 2. The second-order valence-electron chi connectivity index (χ2n) is 7.83. The van der Waals surface area contributed by atoms with Crippen molar-refractivity contribution in [3.8, 4) is 5.75 Å². The smallest absolute Gasteiger partial charge is 0.277 e. The summed E-state index contributed by atoms with van der Waals surface area (Å²) >= 11 is 0. The molecule has 2 aliphatic heterocycles. The van der Waals surface area contributed by atoms with Gasteiger partial charge < -0.3 is 14.4 Å². The van der Waals surface area contributed by atoms with E-state index in [9.17, 15) is 9.59 Å². The molecule has 0 N–H and O–H groups in total. The van der Waals surface area contributed by atoms with E-state index in [1.54, 1.807) is 7.11 Å². The second-order valence-corrected chi connectivity index (χ2v) is 7.83. The maximum Gasteiger partial charge on any atom is 0.277 e. The molecule has 2 heterocycles. The molecule has 0 radical (unpaired) electrons. The van der Waals surface area contributed by atoms with Gasteiger partial charge in [0.1, 0.15) is 11.4 Å². The van der Waals surface area contributed by atoms with Gasteiger partial charge in [-0.1, -0.05) is 19.1 Å². The first-order chi connectivity index (χ1) is 13.4. The monoisotopic (exact) mass is 386 g/mol. The van der Waals surface area contributed by atoms with Gasteiger partial charge in [0.05, 0.1) is 31.9 Å². The summed E-state index contributed by atoms with van der Waals surface area (Å²) in [5.74, 6) is 0.768. The summed E-state index contributed by atoms with van der Waals surface area (Å²) in [6.07, 6.45) is 2.23. The third kappa shape index (κ3) is 4.22. The number of ether oxygens (including phenoxy) is 2. The van der Waals surface area contributed by atoms with Gasteiger partial charge in [-0.3, -0.25) is 14.5 Å². The first kappa shape index (κ1) is 20.4. The van der Waals surface area contributed by atoms with E-state index < -0.39 is 0 Å². The largest absolute Gasteiger partial charge is 0.497 e. The number of benzene rings is 1. The lowest BCUT2D eigenvalue weighted by molar-refractivity contribution is -0.138. The molecule has 0 aliphatic carbocycles. The van der Waals surface area contributed by atoms with Crippen molar-refractivity contribution in [2.45, 2.75) is 39.7 Å². The number of imide groups is 1. The van der Waals surface area contributed by atoms with E-state index in [1.807, 2.05) is 38.1 Å². The van der Waals surface area contributed by atoms with E-state index in [0.29, 0.717) is 23.8 Å². The molecule has 0 aromatic heterocycles. The van der Waals surface area contributed by atoms with Crippen molar-refractivity contribution < 1.29 is 19.1 Å². The van der Waals surface area contributed by atoms with Gasteiger partial charge in [-0.05, 0) is 50.3 Å². The van der Waals surface area contributed by atoms with Crippen molar-refractivity contribution in [2.75, 3.05) is 33.4 Å². The highest BCUT2D eigenvalue weighted by atomic mass is 16.5. The zero-order valence-electron chi connectivity index (χ0n) is 17.2. The molecule has 28 heavy (non-hydrogen) atoms. The highest BCUT2D eigenvalue weighted by molar-refractivity contribution is 6.35. The number of hydrogen-bond acceptors (Lipinski definition) is 5. The first-order valence-corrected chi connectivity index (χ1v) is 10.0. The summed E-state index contributed by atoms with van der Waals surface area (Å²) in [6, 6.07) is 7.34. The molecule has 0 spiro atoms. The minimum absolute atomic E-state index is 0.0595. The number of carbonyl (C=O) groups is 2. The van der Waals surface area contributed by atoms with Gasteiger partial charge >= 0.3 is 0 Å². The minimum Gasteiger partial charge on any atom is -0.497 e. The normalized spacial score (nSPS) is 20.5. The Labute approximate surface area is 167 Å². The Kier molecular flexibility index (Phi) is 6.39. The molecule has 1 fully saturated rings. The predicted molar refractivity (Wildman–Crippen MR) is 108 cm³/mol. The molecule has 1 aromatic carbocycles. The zero-order valence-corrected chi connectivity index (χ0v) is 17.2. The van der Waals surface area contributed by atoms with Crippen LogP contribution in [0.3, 0.4) is 0 Å².